The standard InChI is InChI=1S/C2H2F3O.K/c3-2(4,5)1-6;/h1H2;/q-1;+1. The van der Waals surface area contributed by atoms with Crippen LogP contribution in [0.3, 0.4) is 0 Å². The van der Waals surface area contributed by atoms with E-state index in [1.54, 1.807) is 0 Å². The molecule has 0 atom stereocenters. The molecule has 0 fully saturated rings. The van der Waals surface area contributed by atoms with Crippen LogP contribution in [0.15, 0.2) is 0 Å². The number of halogens is 3. The third-order valence-corrected chi connectivity index (χ3v) is 0.164. The first-order valence-electron chi connectivity index (χ1n) is 1.21. The van der Waals surface area contributed by atoms with Gasteiger partial charge in [-0.3, -0.25) is 0 Å². The zero-order chi connectivity index (χ0) is 5.21. The Morgan fingerprint density at radius 3 is 1.43 bits per heavy atom. The summed E-state index contributed by atoms with van der Waals surface area (Å²) in [5.74, 6) is 0. The first-order valence-corrected chi connectivity index (χ1v) is 1.21. The topological polar surface area (TPSA) is 23.1 Å². The minimum absolute atomic E-state index is 0. The molecule has 0 aromatic heterocycles. The van der Waals surface area contributed by atoms with Crippen LogP contribution in [0.25, 0.3) is 0 Å². The molecule has 0 aromatic rings. The van der Waals surface area contributed by atoms with E-state index < -0.39 is 12.8 Å². The molecule has 1 nitrogen and oxygen atoms in total. The molecule has 0 heterocycles. The Morgan fingerprint density at radius 2 is 1.43 bits per heavy atom. The maximum Gasteiger partial charge on any atom is 1.00 e. The third kappa shape index (κ3) is 11.1. The summed E-state index contributed by atoms with van der Waals surface area (Å²) in [4.78, 5) is 0. The summed E-state index contributed by atoms with van der Waals surface area (Å²) in [7, 11) is 0. The van der Waals surface area contributed by atoms with Crippen LogP contribution in [0, 0.1) is 0 Å². The van der Waals surface area contributed by atoms with Crippen LogP contribution in [0.1, 0.15) is 0 Å². The Bertz CT molecular complexity index is 42.7. The third-order valence-electron chi connectivity index (χ3n) is 0.164. The Labute approximate surface area is 81.3 Å². The van der Waals surface area contributed by atoms with Crippen molar-refractivity contribution >= 4 is 0 Å². The Morgan fingerprint density at radius 1 is 1.29 bits per heavy atom. The van der Waals surface area contributed by atoms with Gasteiger partial charge in [0.25, 0.3) is 0 Å². The van der Waals surface area contributed by atoms with E-state index in [0.29, 0.717) is 0 Å². The first-order chi connectivity index (χ1) is 2.56. The van der Waals surface area contributed by atoms with Crippen LogP contribution in [-0.4, -0.2) is 12.8 Å². The molecule has 0 N–H and O–H groups in total. The van der Waals surface area contributed by atoms with Crippen molar-refractivity contribution in [3.05, 3.63) is 0 Å². The number of rotatable bonds is 0. The maximum atomic E-state index is 10.5. The van der Waals surface area contributed by atoms with Crippen molar-refractivity contribution in [2.45, 2.75) is 6.18 Å². The summed E-state index contributed by atoms with van der Waals surface area (Å²) in [6, 6.07) is 0. The van der Waals surface area contributed by atoms with Gasteiger partial charge in [0, 0.05) is 0 Å². The van der Waals surface area contributed by atoms with Gasteiger partial charge in [0.05, 0.1) is 0 Å². The van der Waals surface area contributed by atoms with E-state index in [0.717, 1.165) is 0 Å². The van der Waals surface area contributed by atoms with Gasteiger partial charge in [0.1, 0.15) is 0 Å². The van der Waals surface area contributed by atoms with Crippen molar-refractivity contribution in [2.75, 3.05) is 6.61 Å². The molecule has 0 aliphatic rings. The van der Waals surface area contributed by atoms with E-state index in [-0.39, 0.29) is 51.4 Å². The molecule has 0 unspecified atom stereocenters. The quantitative estimate of drug-likeness (QED) is 0.325. The van der Waals surface area contributed by atoms with Gasteiger partial charge in [0.2, 0.25) is 0 Å². The molecule has 7 heavy (non-hydrogen) atoms. The molecule has 0 aliphatic heterocycles. The van der Waals surface area contributed by atoms with E-state index in [2.05, 4.69) is 0 Å². The fourth-order valence-corrected chi connectivity index (χ4v) is 0. The summed E-state index contributed by atoms with van der Waals surface area (Å²) in [6.45, 7) is -1.98. The van der Waals surface area contributed by atoms with Gasteiger partial charge in [-0.15, -0.1) is 0 Å². The summed E-state index contributed by atoms with van der Waals surface area (Å²) in [5, 5.41) is 8.83. The van der Waals surface area contributed by atoms with Crippen LogP contribution in [0.5, 0.6) is 0 Å². The smallest absolute Gasteiger partial charge is 0.848 e. The molecular formula is C2H2F3KO. The number of alkyl halides is 3. The molecule has 0 amide bonds. The van der Waals surface area contributed by atoms with Crippen molar-refractivity contribution in [1.29, 1.82) is 0 Å². The molecule has 0 aliphatic carbocycles. The normalized spacial score (nSPS) is 10.3. The van der Waals surface area contributed by atoms with Gasteiger partial charge < -0.3 is 5.11 Å². The minimum atomic E-state index is -4.51. The fraction of sp³-hybridized carbons (Fsp3) is 1.00. The minimum Gasteiger partial charge on any atom is -0.848 e. The summed E-state index contributed by atoms with van der Waals surface area (Å²) in [5.41, 5.74) is 0. The first kappa shape index (κ1) is 11.2. The molecule has 0 radical (unpaired) electrons. The molecular weight excluding hydrogens is 136 g/mol. The average Bonchev–Trinajstić information content (AvgIpc) is 1.35. The second-order valence-electron chi connectivity index (χ2n) is 0.760. The molecule has 0 bridgehead atoms. The predicted octanol–water partition coefficient (Wildman–Crippen LogP) is -3.09. The van der Waals surface area contributed by atoms with E-state index >= 15 is 0 Å². The van der Waals surface area contributed by atoms with Gasteiger partial charge in [-0.05, 0) is 6.61 Å². The van der Waals surface area contributed by atoms with Crippen molar-refractivity contribution < 1.29 is 69.7 Å². The van der Waals surface area contributed by atoms with Gasteiger partial charge in [-0.25, -0.2) is 0 Å². The van der Waals surface area contributed by atoms with Gasteiger partial charge in [-0.1, -0.05) is 0 Å². The second kappa shape index (κ2) is 4.28. The van der Waals surface area contributed by atoms with Crippen LogP contribution in [-0.2, 0) is 0 Å². The molecule has 5 heteroatoms. The van der Waals surface area contributed by atoms with Crippen LogP contribution in [0.2, 0.25) is 0 Å². The van der Waals surface area contributed by atoms with Crippen molar-refractivity contribution in [1.82, 2.24) is 0 Å². The maximum absolute atomic E-state index is 10.5. The van der Waals surface area contributed by atoms with Gasteiger partial charge in [-0.2, -0.15) is 13.2 Å². The van der Waals surface area contributed by atoms with Gasteiger partial charge >= 0.3 is 57.6 Å². The number of hydrogen-bond acceptors (Lipinski definition) is 1. The van der Waals surface area contributed by atoms with Crippen LogP contribution >= 0.6 is 0 Å². The Balaban J connectivity index is 0. The molecule has 0 spiro atoms. The van der Waals surface area contributed by atoms with Crippen molar-refractivity contribution in [2.24, 2.45) is 0 Å². The summed E-state index contributed by atoms with van der Waals surface area (Å²) in [6.07, 6.45) is -4.51. The molecule has 38 valence electrons. The monoisotopic (exact) mass is 138 g/mol. The zero-order valence-corrected chi connectivity index (χ0v) is 6.87. The second-order valence-corrected chi connectivity index (χ2v) is 0.760. The molecule has 0 saturated heterocycles. The zero-order valence-electron chi connectivity index (χ0n) is 3.75. The SMILES string of the molecule is [K+].[O-]CC(F)(F)F. The van der Waals surface area contributed by atoms with E-state index in [9.17, 15) is 13.2 Å². The molecule has 0 saturated carbocycles. The molecule has 0 rings (SSSR count). The Hall–Kier alpha value is 1.39. The number of hydrogen-bond donors (Lipinski definition) is 0. The van der Waals surface area contributed by atoms with E-state index in [4.69, 9.17) is 5.11 Å². The van der Waals surface area contributed by atoms with E-state index in [1.165, 1.54) is 0 Å². The summed E-state index contributed by atoms with van der Waals surface area (Å²) >= 11 is 0. The fourth-order valence-electron chi connectivity index (χ4n) is 0. The average molecular weight is 138 g/mol. The predicted molar refractivity (Wildman–Crippen MR) is 10.9 cm³/mol. The van der Waals surface area contributed by atoms with Gasteiger partial charge in [0.15, 0.2) is 0 Å². The van der Waals surface area contributed by atoms with Crippen LogP contribution in [0.4, 0.5) is 13.2 Å². The largest absolute Gasteiger partial charge is 1.00 e. The van der Waals surface area contributed by atoms with E-state index in [1.807, 2.05) is 0 Å². The van der Waals surface area contributed by atoms with Crippen molar-refractivity contribution in [3.8, 4) is 0 Å². The van der Waals surface area contributed by atoms with Crippen molar-refractivity contribution in [3.63, 3.8) is 0 Å². The molecule has 0 aromatic carbocycles. The summed E-state index contributed by atoms with van der Waals surface area (Å²) < 4.78 is 31.4. The Kier molecular flexibility index (Phi) is 6.86. The van der Waals surface area contributed by atoms with Crippen LogP contribution < -0.4 is 56.5 Å².